The predicted molar refractivity (Wildman–Crippen MR) is 59.9 cm³/mol. The number of urea groups is 1. The summed E-state index contributed by atoms with van der Waals surface area (Å²) in [5, 5.41) is 5.42. The summed E-state index contributed by atoms with van der Waals surface area (Å²) in [4.78, 5) is 23.2. The van der Waals surface area contributed by atoms with Crippen LogP contribution in [-0.4, -0.2) is 18.5 Å². The van der Waals surface area contributed by atoms with Gasteiger partial charge in [-0.3, -0.25) is 10.1 Å². The van der Waals surface area contributed by atoms with Crippen molar-refractivity contribution >= 4 is 23.5 Å². The minimum absolute atomic E-state index is 0.352. The summed E-state index contributed by atoms with van der Waals surface area (Å²) in [6.45, 7) is 0.377. The molecule has 0 radical (unpaired) electrons. The maximum atomic E-state index is 11.9. The van der Waals surface area contributed by atoms with Crippen LogP contribution in [0.2, 0.25) is 5.02 Å². The van der Waals surface area contributed by atoms with Crippen LogP contribution in [0.25, 0.3) is 0 Å². The van der Waals surface area contributed by atoms with E-state index in [0.717, 1.165) is 0 Å². The van der Waals surface area contributed by atoms with Gasteiger partial charge in [0.2, 0.25) is 0 Å². The molecule has 1 aromatic rings. The molecule has 2 heterocycles. The zero-order chi connectivity index (χ0) is 12.0. The normalized spacial score (nSPS) is 26.2. The van der Waals surface area contributed by atoms with Crippen LogP contribution in [-0.2, 0) is 10.3 Å². The number of benzene rings is 1. The highest BCUT2D eigenvalue weighted by Crippen LogP contribution is 2.40. The molecule has 88 valence electrons. The molecular weight excluding hydrogens is 244 g/mol. The molecule has 5 nitrogen and oxygen atoms in total. The topological polar surface area (TPSA) is 67.4 Å². The lowest BCUT2D eigenvalue weighted by molar-refractivity contribution is -0.125. The second-order valence-corrected chi connectivity index (χ2v) is 4.49. The Morgan fingerprint density at radius 1 is 1.35 bits per heavy atom. The van der Waals surface area contributed by atoms with Crippen LogP contribution in [0.5, 0.6) is 5.75 Å². The minimum Gasteiger partial charge on any atom is -0.493 e. The first-order valence-electron chi connectivity index (χ1n) is 5.18. The van der Waals surface area contributed by atoms with Crippen LogP contribution in [0.15, 0.2) is 18.2 Å². The molecule has 3 rings (SSSR count). The third-order valence-electron chi connectivity index (χ3n) is 3.08. The summed E-state index contributed by atoms with van der Waals surface area (Å²) in [6, 6.07) is 4.56. The number of fused-ring (bicyclic) bond motifs is 2. The average molecular weight is 253 g/mol. The van der Waals surface area contributed by atoms with Crippen LogP contribution in [0.3, 0.4) is 0 Å². The number of nitrogens with one attached hydrogen (secondary N) is 2. The molecule has 2 aliphatic rings. The lowest BCUT2D eigenvalue weighted by Crippen LogP contribution is -2.47. The number of halogens is 1. The Kier molecular flexibility index (Phi) is 2.06. The van der Waals surface area contributed by atoms with E-state index in [-0.39, 0.29) is 5.91 Å². The van der Waals surface area contributed by atoms with Crippen molar-refractivity contribution in [1.82, 2.24) is 10.6 Å². The molecule has 17 heavy (non-hydrogen) atoms. The molecular formula is C11H9ClN2O3. The Labute approximate surface area is 102 Å². The number of hydrogen-bond donors (Lipinski definition) is 2. The van der Waals surface area contributed by atoms with E-state index >= 15 is 0 Å². The Hall–Kier alpha value is -1.75. The molecule has 3 amide bonds. The van der Waals surface area contributed by atoms with Gasteiger partial charge in [-0.2, -0.15) is 0 Å². The SMILES string of the molecule is O=C1NC(=O)C2(CCOc3ccc(Cl)cc32)N1. The van der Waals surface area contributed by atoms with Gasteiger partial charge in [0.05, 0.1) is 6.61 Å². The summed E-state index contributed by atoms with van der Waals surface area (Å²) in [5.41, 5.74) is -0.421. The molecule has 2 N–H and O–H groups in total. The molecule has 1 spiro atoms. The van der Waals surface area contributed by atoms with Crippen molar-refractivity contribution in [3.05, 3.63) is 28.8 Å². The molecule has 1 saturated heterocycles. The Bertz CT molecular complexity index is 531. The quantitative estimate of drug-likeness (QED) is 0.681. The van der Waals surface area contributed by atoms with E-state index in [1.165, 1.54) is 0 Å². The van der Waals surface area contributed by atoms with Gasteiger partial charge in [-0.25, -0.2) is 4.79 Å². The van der Waals surface area contributed by atoms with E-state index in [1.54, 1.807) is 18.2 Å². The van der Waals surface area contributed by atoms with Gasteiger partial charge in [0, 0.05) is 17.0 Å². The number of amides is 3. The van der Waals surface area contributed by atoms with Gasteiger partial charge in [-0.05, 0) is 18.2 Å². The molecule has 0 bridgehead atoms. The minimum atomic E-state index is -1.03. The number of hydrogen-bond acceptors (Lipinski definition) is 3. The first-order chi connectivity index (χ1) is 8.12. The van der Waals surface area contributed by atoms with Crippen molar-refractivity contribution in [2.75, 3.05) is 6.61 Å². The van der Waals surface area contributed by atoms with Crippen LogP contribution in [0.1, 0.15) is 12.0 Å². The second kappa shape index (κ2) is 3.37. The smallest absolute Gasteiger partial charge is 0.322 e. The highest BCUT2D eigenvalue weighted by Gasteiger charge is 2.50. The van der Waals surface area contributed by atoms with Crippen LogP contribution < -0.4 is 15.4 Å². The van der Waals surface area contributed by atoms with Gasteiger partial charge in [-0.15, -0.1) is 0 Å². The van der Waals surface area contributed by atoms with Crippen molar-refractivity contribution in [1.29, 1.82) is 0 Å². The fourth-order valence-corrected chi connectivity index (χ4v) is 2.44. The van der Waals surface area contributed by atoms with Gasteiger partial charge in [-0.1, -0.05) is 11.6 Å². The summed E-state index contributed by atoms with van der Waals surface area (Å²) in [7, 11) is 0. The molecule has 1 unspecified atom stereocenters. The van der Waals surface area contributed by atoms with Gasteiger partial charge < -0.3 is 10.1 Å². The molecule has 0 aromatic heterocycles. The summed E-state index contributed by atoms with van der Waals surface area (Å²) in [6.07, 6.45) is 0.401. The number of imide groups is 1. The fourth-order valence-electron chi connectivity index (χ4n) is 2.27. The maximum absolute atomic E-state index is 11.9. The van der Waals surface area contributed by atoms with E-state index in [2.05, 4.69) is 10.6 Å². The molecule has 0 aliphatic carbocycles. The van der Waals surface area contributed by atoms with Gasteiger partial charge in [0.15, 0.2) is 5.54 Å². The monoisotopic (exact) mass is 252 g/mol. The molecule has 2 aliphatic heterocycles. The number of rotatable bonds is 0. The highest BCUT2D eigenvalue weighted by atomic mass is 35.5. The highest BCUT2D eigenvalue weighted by molar-refractivity contribution is 6.30. The second-order valence-electron chi connectivity index (χ2n) is 4.05. The van der Waals surface area contributed by atoms with E-state index in [0.29, 0.717) is 29.4 Å². The largest absolute Gasteiger partial charge is 0.493 e. The molecule has 1 fully saturated rings. The third-order valence-corrected chi connectivity index (χ3v) is 3.31. The number of carbonyl (C=O) groups is 2. The third kappa shape index (κ3) is 1.39. The van der Waals surface area contributed by atoms with Gasteiger partial charge in [0.25, 0.3) is 5.91 Å². The summed E-state index contributed by atoms with van der Waals surface area (Å²) in [5.74, 6) is 0.229. The fraction of sp³-hybridized carbons (Fsp3) is 0.273. The zero-order valence-corrected chi connectivity index (χ0v) is 9.50. The van der Waals surface area contributed by atoms with E-state index in [4.69, 9.17) is 16.3 Å². The van der Waals surface area contributed by atoms with Crippen molar-refractivity contribution < 1.29 is 14.3 Å². The molecule has 0 saturated carbocycles. The lowest BCUT2D eigenvalue weighted by atomic mass is 9.85. The Balaban J connectivity index is 2.19. The van der Waals surface area contributed by atoms with Crippen LogP contribution >= 0.6 is 11.6 Å². The van der Waals surface area contributed by atoms with Crippen molar-refractivity contribution in [3.8, 4) is 5.75 Å². The first-order valence-corrected chi connectivity index (χ1v) is 5.56. The number of carbonyl (C=O) groups excluding carboxylic acids is 2. The first kappa shape index (κ1) is 10.4. The molecule has 6 heteroatoms. The zero-order valence-electron chi connectivity index (χ0n) is 8.75. The van der Waals surface area contributed by atoms with Crippen molar-refractivity contribution in [3.63, 3.8) is 0 Å². The number of ether oxygens (including phenoxy) is 1. The van der Waals surface area contributed by atoms with Gasteiger partial charge in [0.1, 0.15) is 5.75 Å². The van der Waals surface area contributed by atoms with Gasteiger partial charge >= 0.3 is 6.03 Å². The predicted octanol–water partition coefficient (Wildman–Crippen LogP) is 1.16. The Morgan fingerprint density at radius 2 is 2.18 bits per heavy atom. The summed E-state index contributed by atoms with van der Waals surface area (Å²) < 4.78 is 5.46. The van der Waals surface area contributed by atoms with E-state index < -0.39 is 11.6 Å². The standard InChI is InChI=1S/C11H9ClN2O3/c12-6-1-2-8-7(5-6)11(3-4-17-8)9(15)13-10(16)14-11/h1-2,5H,3-4H2,(H2,13,14,15,16). The molecule has 1 atom stereocenters. The molecule has 1 aromatic carbocycles. The van der Waals surface area contributed by atoms with Crippen molar-refractivity contribution in [2.24, 2.45) is 0 Å². The van der Waals surface area contributed by atoms with E-state index in [9.17, 15) is 9.59 Å². The average Bonchev–Trinajstić information content (AvgIpc) is 2.56. The Morgan fingerprint density at radius 3 is 2.88 bits per heavy atom. The maximum Gasteiger partial charge on any atom is 0.322 e. The summed E-state index contributed by atoms with van der Waals surface area (Å²) >= 11 is 5.92. The van der Waals surface area contributed by atoms with Crippen molar-refractivity contribution in [2.45, 2.75) is 12.0 Å². The van der Waals surface area contributed by atoms with Crippen LogP contribution in [0, 0.1) is 0 Å². The van der Waals surface area contributed by atoms with Crippen LogP contribution in [0.4, 0.5) is 4.79 Å². The lowest BCUT2D eigenvalue weighted by Gasteiger charge is -2.32. The van der Waals surface area contributed by atoms with E-state index in [1.807, 2.05) is 0 Å².